The Morgan fingerprint density at radius 3 is 2.29 bits per heavy atom. The molecule has 108 valence electrons. The number of nitrogens with zero attached hydrogens (tertiary/aromatic N) is 1. The van der Waals surface area contributed by atoms with Gasteiger partial charge in [0.15, 0.2) is 0 Å². The molecule has 1 amide bonds. The summed E-state index contributed by atoms with van der Waals surface area (Å²) in [5.41, 5.74) is 0.378. The summed E-state index contributed by atoms with van der Waals surface area (Å²) in [4.78, 5) is 22.1. The molecule has 2 aromatic carbocycles. The molecule has 0 aliphatic heterocycles. The topological polar surface area (TPSA) is 72.2 Å². The second-order valence-corrected chi connectivity index (χ2v) is 5.23. The standard InChI is InChI=1S/C13H7Cl3N2O3/c14-9-3-2-8(6-10(9)15)17-13(19)7-1-4-12(18(20)21)11(16)5-7/h1-6H,(H,17,19). The SMILES string of the molecule is O=C(Nc1ccc(Cl)c(Cl)c1)c1ccc([N+](=O)[O-])c(Cl)c1. The van der Waals surface area contributed by atoms with Gasteiger partial charge in [-0.2, -0.15) is 0 Å². The van der Waals surface area contributed by atoms with Crippen LogP contribution in [0.15, 0.2) is 36.4 Å². The molecule has 0 aromatic heterocycles. The number of amides is 1. The lowest BCUT2D eigenvalue weighted by molar-refractivity contribution is -0.384. The van der Waals surface area contributed by atoms with E-state index in [0.29, 0.717) is 15.7 Å². The average molecular weight is 346 g/mol. The van der Waals surface area contributed by atoms with E-state index in [4.69, 9.17) is 34.8 Å². The molecule has 0 atom stereocenters. The first-order valence-corrected chi connectivity index (χ1v) is 6.72. The lowest BCUT2D eigenvalue weighted by atomic mass is 10.2. The summed E-state index contributed by atoms with van der Waals surface area (Å²) < 4.78 is 0. The maximum atomic E-state index is 12.0. The van der Waals surface area contributed by atoms with Crippen LogP contribution in [0.5, 0.6) is 0 Å². The summed E-state index contributed by atoms with van der Waals surface area (Å²) >= 11 is 17.4. The Labute approximate surface area is 134 Å². The van der Waals surface area contributed by atoms with Crippen molar-refractivity contribution in [3.05, 3.63) is 67.1 Å². The minimum Gasteiger partial charge on any atom is -0.322 e. The molecule has 0 radical (unpaired) electrons. The molecule has 5 nitrogen and oxygen atoms in total. The number of carbonyl (C=O) groups excluding carboxylic acids is 1. The van der Waals surface area contributed by atoms with Crippen LogP contribution in [0.3, 0.4) is 0 Å². The van der Waals surface area contributed by atoms with Crippen LogP contribution in [-0.4, -0.2) is 10.8 Å². The number of hydrogen-bond acceptors (Lipinski definition) is 3. The predicted molar refractivity (Wildman–Crippen MR) is 82.5 cm³/mol. The van der Waals surface area contributed by atoms with Gasteiger partial charge < -0.3 is 5.32 Å². The average Bonchev–Trinajstić information content (AvgIpc) is 2.42. The molecule has 1 N–H and O–H groups in total. The molecule has 0 saturated carbocycles. The van der Waals surface area contributed by atoms with E-state index < -0.39 is 10.8 Å². The summed E-state index contributed by atoms with van der Waals surface area (Å²) in [6.45, 7) is 0. The van der Waals surface area contributed by atoms with E-state index in [0.717, 1.165) is 0 Å². The summed E-state index contributed by atoms with van der Waals surface area (Å²) in [5.74, 6) is -0.467. The predicted octanol–water partition coefficient (Wildman–Crippen LogP) is 4.81. The van der Waals surface area contributed by atoms with Gasteiger partial charge in [-0.05, 0) is 30.3 Å². The van der Waals surface area contributed by atoms with Crippen LogP contribution in [0, 0.1) is 10.1 Å². The number of anilines is 1. The molecular formula is C13H7Cl3N2O3. The first-order valence-electron chi connectivity index (χ1n) is 5.59. The zero-order valence-electron chi connectivity index (χ0n) is 10.3. The Balaban J connectivity index is 2.22. The van der Waals surface area contributed by atoms with E-state index in [2.05, 4.69) is 5.32 Å². The Bertz CT molecular complexity index is 735. The summed E-state index contributed by atoms with van der Waals surface area (Å²) in [7, 11) is 0. The van der Waals surface area contributed by atoms with E-state index in [9.17, 15) is 14.9 Å². The fourth-order valence-corrected chi connectivity index (χ4v) is 2.12. The minimum atomic E-state index is -0.622. The minimum absolute atomic E-state index is 0.109. The molecule has 0 aliphatic carbocycles. The van der Waals surface area contributed by atoms with Crippen molar-refractivity contribution in [2.24, 2.45) is 0 Å². The lowest BCUT2D eigenvalue weighted by Gasteiger charge is -2.07. The number of hydrogen-bond donors (Lipinski definition) is 1. The van der Waals surface area contributed by atoms with Gasteiger partial charge in [0.2, 0.25) is 0 Å². The Hall–Kier alpha value is -1.82. The highest BCUT2D eigenvalue weighted by molar-refractivity contribution is 6.42. The molecule has 0 heterocycles. The molecule has 0 aliphatic rings. The first-order chi connectivity index (χ1) is 9.88. The van der Waals surface area contributed by atoms with Gasteiger partial charge in [0.05, 0.1) is 15.0 Å². The monoisotopic (exact) mass is 344 g/mol. The largest absolute Gasteiger partial charge is 0.322 e. The van der Waals surface area contributed by atoms with Crippen LogP contribution in [0.25, 0.3) is 0 Å². The van der Waals surface area contributed by atoms with Crippen LogP contribution in [-0.2, 0) is 0 Å². The first kappa shape index (κ1) is 15.6. The maximum Gasteiger partial charge on any atom is 0.287 e. The number of nitro groups is 1. The number of nitrogens with one attached hydrogen (secondary N) is 1. The smallest absolute Gasteiger partial charge is 0.287 e. The zero-order chi connectivity index (χ0) is 15.6. The maximum absolute atomic E-state index is 12.0. The molecular weight excluding hydrogens is 339 g/mol. The quantitative estimate of drug-likeness (QED) is 0.641. The van der Waals surface area contributed by atoms with Crippen LogP contribution in [0.1, 0.15) is 10.4 Å². The van der Waals surface area contributed by atoms with Crippen molar-refractivity contribution in [1.29, 1.82) is 0 Å². The third kappa shape index (κ3) is 3.64. The van der Waals surface area contributed by atoms with Crippen molar-refractivity contribution in [2.75, 3.05) is 5.32 Å². The third-order valence-electron chi connectivity index (χ3n) is 2.58. The van der Waals surface area contributed by atoms with Crippen molar-refractivity contribution in [3.63, 3.8) is 0 Å². The second-order valence-electron chi connectivity index (χ2n) is 4.01. The van der Waals surface area contributed by atoms with Crippen molar-refractivity contribution in [1.82, 2.24) is 0 Å². The van der Waals surface area contributed by atoms with E-state index in [1.807, 2.05) is 0 Å². The number of nitro benzene ring substituents is 1. The molecule has 0 unspecified atom stereocenters. The van der Waals surface area contributed by atoms with Crippen LogP contribution in [0.2, 0.25) is 15.1 Å². The van der Waals surface area contributed by atoms with Crippen LogP contribution in [0.4, 0.5) is 11.4 Å². The van der Waals surface area contributed by atoms with E-state index in [-0.39, 0.29) is 16.3 Å². The van der Waals surface area contributed by atoms with E-state index in [1.165, 1.54) is 24.3 Å². The fourth-order valence-electron chi connectivity index (χ4n) is 1.57. The lowest BCUT2D eigenvalue weighted by Crippen LogP contribution is -2.12. The number of benzene rings is 2. The Morgan fingerprint density at radius 2 is 1.71 bits per heavy atom. The number of halogens is 3. The summed E-state index contributed by atoms with van der Waals surface area (Å²) in [6, 6.07) is 8.34. The van der Waals surface area contributed by atoms with Gasteiger partial charge in [-0.1, -0.05) is 34.8 Å². The third-order valence-corrected chi connectivity index (χ3v) is 3.63. The number of carbonyl (C=O) groups is 1. The normalized spacial score (nSPS) is 10.2. The number of rotatable bonds is 3. The van der Waals surface area contributed by atoms with E-state index in [1.54, 1.807) is 12.1 Å². The molecule has 0 fully saturated rings. The highest BCUT2D eigenvalue weighted by atomic mass is 35.5. The van der Waals surface area contributed by atoms with Crippen molar-refractivity contribution in [3.8, 4) is 0 Å². The highest BCUT2D eigenvalue weighted by Crippen LogP contribution is 2.27. The molecule has 0 spiro atoms. The second kappa shape index (κ2) is 6.30. The highest BCUT2D eigenvalue weighted by Gasteiger charge is 2.15. The van der Waals surface area contributed by atoms with Gasteiger partial charge in [-0.15, -0.1) is 0 Å². The molecule has 2 aromatic rings. The van der Waals surface area contributed by atoms with Crippen molar-refractivity contribution < 1.29 is 9.72 Å². The van der Waals surface area contributed by atoms with Crippen LogP contribution < -0.4 is 5.32 Å². The van der Waals surface area contributed by atoms with Crippen LogP contribution >= 0.6 is 34.8 Å². The molecule has 0 bridgehead atoms. The van der Waals surface area contributed by atoms with Gasteiger partial charge in [-0.25, -0.2) is 0 Å². The summed E-state index contributed by atoms with van der Waals surface area (Å²) in [6.07, 6.45) is 0. The van der Waals surface area contributed by atoms with Gasteiger partial charge >= 0.3 is 0 Å². The van der Waals surface area contributed by atoms with Gasteiger partial charge in [0.1, 0.15) is 5.02 Å². The van der Waals surface area contributed by atoms with Gasteiger partial charge in [0.25, 0.3) is 11.6 Å². The molecule has 8 heteroatoms. The zero-order valence-corrected chi connectivity index (χ0v) is 12.5. The van der Waals surface area contributed by atoms with Gasteiger partial charge in [-0.3, -0.25) is 14.9 Å². The Kier molecular flexibility index (Phi) is 4.67. The van der Waals surface area contributed by atoms with Crippen molar-refractivity contribution in [2.45, 2.75) is 0 Å². The molecule has 2 rings (SSSR count). The van der Waals surface area contributed by atoms with Gasteiger partial charge in [0, 0.05) is 17.3 Å². The summed E-state index contributed by atoms with van der Waals surface area (Å²) in [5, 5.41) is 13.8. The Morgan fingerprint density at radius 1 is 1.00 bits per heavy atom. The fraction of sp³-hybridized carbons (Fsp3) is 0. The van der Waals surface area contributed by atoms with E-state index >= 15 is 0 Å². The molecule has 21 heavy (non-hydrogen) atoms. The van der Waals surface area contributed by atoms with Crippen molar-refractivity contribution >= 4 is 52.1 Å². The molecule has 0 saturated heterocycles.